The molecule has 0 atom stereocenters. The molecule has 1 aromatic heterocycles. The lowest BCUT2D eigenvalue weighted by Crippen LogP contribution is -2.14. The number of hydrogen-bond acceptors (Lipinski definition) is 3. The van der Waals surface area contributed by atoms with Gasteiger partial charge in [0.25, 0.3) is 5.91 Å². The molecule has 0 aliphatic heterocycles. The number of aromatic nitrogens is 2. The van der Waals surface area contributed by atoms with Crippen LogP contribution in [0.3, 0.4) is 0 Å². The van der Waals surface area contributed by atoms with Crippen molar-refractivity contribution in [2.45, 2.75) is 13.3 Å². The van der Waals surface area contributed by atoms with E-state index in [-0.39, 0.29) is 5.91 Å². The van der Waals surface area contributed by atoms with Crippen LogP contribution in [0, 0.1) is 0 Å². The molecule has 0 bridgehead atoms. The maximum absolute atomic E-state index is 12.2. The molecule has 2 rings (SSSR count). The highest BCUT2D eigenvalue weighted by molar-refractivity contribution is 9.10. The first kappa shape index (κ1) is 13.6. The number of carbonyl (C=O) groups is 1. The Bertz CT molecular complexity index is 621. The molecule has 1 aromatic carbocycles. The second-order valence-corrected chi connectivity index (χ2v) is 5.12. The van der Waals surface area contributed by atoms with E-state index in [4.69, 9.17) is 5.73 Å². The van der Waals surface area contributed by atoms with Crippen LogP contribution >= 0.6 is 15.9 Å². The fourth-order valence-corrected chi connectivity index (χ4v) is 2.18. The van der Waals surface area contributed by atoms with Gasteiger partial charge in [-0.15, -0.1) is 0 Å². The third-order valence-corrected chi connectivity index (χ3v) is 3.24. The smallest absolute Gasteiger partial charge is 0.257 e. The Morgan fingerprint density at radius 1 is 1.53 bits per heavy atom. The highest BCUT2D eigenvalue weighted by atomic mass is 79.9. The summed E-state index contributed by atoms with van der Waals surface area (Å²) >= 11 is 3.33. The van der Waals surface area contributed by atoms with Crippen molar-refractivity contribution >= 4 is 33.2 Å². The first-order valence-corrected chi connectivity index (χ1v) is 6.69. The first-order valence-electron chi connectivity index (χ1n) is 5.90. The third-order valence-electron chi connectivity index (χ3n) is 2.75. The van der Waals surface area contributed by atoms with Gasteiger partial charge >= 0.3 is 0 Å². The van der Waals surface area contributed by atoms with E-state index in [0.717, 1.165) is 22.3 Å². The number of nitrogens with two attached hydrogens (primary N) is 1. The van der Waals surface area contributed by atoms with Gasteiger partial charge in [-0.3, -0.25) is 9.48 Å². The number of nitrogens with zero attached hydrogens (tertiary/aromatic N) is 2. The molecule has 0 saturated heterocycles. The van der Waals surface area contributed by atoms with Crippen molar-refractivity contribution < 1.29 is 4.79 Å². The minimum absolute atomic E-state index is 0.235. The van der Waals surface area contributed by atoms with Crippen LogP contribution in [-0.4, -0.2) is 15.7 Å². The van der Waals surface area contributed by atoms with Crippen molar-refractivity contribution in [2.24, 2.45) is 7.05 Å². The molecule has 0 radical (unpaired) electrons. The summed E-state index contributed by atoms with van der Waals surface area (Å²) in [6, 6.07) is 5.20. The molecule has 2 aromatic rings. The van der Waals surface area contributed by atoms with Crippen molar-refractivity contribution in [1.29, 1.82) is 0 Å². The maximum Gasteiger partial charge on any atom is 0.257 e. The number of benzene rings is 1. The predicted molar refractivity (Wildman–Crippen MR) is 79.1 cm³/mol. The van der Waals surface area contributed by atoms with Crippen molar-refractivity contribution in [3.63, 3.8) is 0 Å². The minimum atomic E-state index is -0.235. The van der Waals surface area contributed by atoms with Crippen LogP contribution in [0.1, 0.15) is 23.0 Å². The second-order valence-electron chi connectivity index (χ2n) is 4.20. The Balaban J connectivity index is 2.27. The standard InChI is InChI=1S/C13H15BrN4O/c1-3-11-12(7-18(2)17-11)16-13(19)9-6-8(14)4-5-10(9)15/h4-7H,3,15H2,1-2H3,(H,16,19). The Labute approximate surface area is 119 Å². The van der Waals surface area contributed by atoms with Crippen LogP contribution in [0.4, 0.5) is 11.4 Å². The normalized spacial score (nSPS) is 10.5. The van der Waals surface area contributed by atoms with E-state index in [9.17, 15) is 4.79 Å². The van der Waals surface area contributed by atoms with E-state index in [1.165, 1.54) is 0 Å². The predicted octanol–water partition coefficient (Wildman–Crippen LogP) is 2.58. The second kappa shape index (κ2) is 5.44. The van der Waals surface area contributed by atoms with E-state index < -0.39 is 0 Å². The Hall–Kier alpha value is -1.82. The molecule has 0 aliphatic rings. The van der Waals surface area contributed by atoms with Gasteiger partial charge in [-0.2, -0.15) is 5.10 Å². The Morgan fingerprint density at radius 3 is 2.95 bits per heavy atom. The van der Waals surface area contributed by atoms with Crippen molar-refractivity contribution in [1.82, 2.24) is 9.78 Å². The van der Waals surface area contributed by atoms with Gasteiger partial charge in [-0.25, -0.2) is 0 Å². The first-order chi connectivity index (χ1) is 9.01. The molecule has 0 spiro atoms. The fourth-order valence-electron chi connectivity index (χ4n) is 1.81. The minimum Gasteiger partial charge on any atom is -0.398 e. The molecular formula is C13H15BrN4O. The highest BCUT2D eigenvalue weighted by Crippen LogP contribution is 2.21. The summed E-state index contributed by atoms with van der Waals surface area (Å²) < 4.78 is 2.49. The lowest BCUT2D eigenvalue weighted by molar-refractivity contribution is 0.102. The molecule has 19 heavy (non-hydrogen) atoms. The van der Waals surface area contributed by atoms with Crippen LogP contribution in [0.5, 0.6) is 0 Å². The lowest BCUT2D eigenvalue weighted by atomic mass is 10.1. The molecule has 1 amide bonds. The number of nitrogens with one attached hydrogen (secondary N) is 1. The van der Waals surface area contributed by atoms with Gasteiger partial charge in [0.05, 0.1) is 16.9 Å². The third kappa shape index (κ3) is 2.96. The van der Waals surface area contributed by atoms with Crippen LogP contribution < -0.4 is 11.1 Å². The van der Waals surface area contributed by atoms with E-state index in [1.54, 1.807) is 29.1 Å². The largest absolute Gasteiger partial charge is 0.398 e. The van der Waals surface area contributed by atoms with E-state index in [0.29, 0.717) is 11.3 Å². The summed E-state index contributed by atoms with van der Waals surface area (Å²) in [6.07, 6.45) is 2.54. The van der Waals surface area contributed by atoms with Crippen molar-refractivity contribution in [2.75, 3.05) is 11.1 Å². The molecule has 6 heteroatoms. The number of nitrogen functional groups attached to an aromatic ring is 1. The number of aryl methyl sites for hydroxylation is 2. The maximum atomic E-state index is 12.2. The van der Waals surface area contributed by atoms with Gasteiger partial charge in [0.1, 0.15) is 0 Å². The van der Waals surface area contributed by atoms with Crippen molar-refractivity contribution in [3.8, 4) is 0 Å². The summed E-state index contributed by atoms with van der Waals surface area (Å²) in [5, 5.41) is 7.12. The molecule has 5 nitrogen and oxygen atoms in total. The molecule has 3 N–H and O–H groups in total. The molecule has 0 saturated carbocycles. The monoisotopic (exact) mass is 322 g/mol. The number of amides is 1. The number of carbonyl (C=O) groups excluding carboxylic acids is 1. The summed E-state index contributed by atoms with van der Waals surface area (Å²) in [5.74, 6) is -0.235. The van der Waals surface area contributed by atoms with Gasteiger partial charge in [0.2, 0.25) is 0 Å². The van der Waals surface area contributed by atoms with Gasteiger partial charge < -0.3 is 11.1 Å². The molecular weight excluding hydrogens is 308 g/mol. The Kier molecular flexibility index (Phi) is 3.90. The zero-order valence-corrected chi connectivity index (χ0v) is 12.4. The average molecular weight is 323 g/mol. The zero-order chi connectivity index (χ0) is 14.0. The molecule has 100 valence electrons. The number of rotatable bonds is 3. The Morgan fingerprint density at radius 2 is 2.26 bits per heavy atom. The van der Waals surface area contributed by atoms with Gasteiger partial charge in [0, 0.05) is 23.4 Å². The van der Waals surface area contributed by atoms with E-state index in [1.807, 2.05) is 14.0 Å². The molecule has 1 heterocycles. The van der Waals surface area contributed by atoms with Gasteiger partial charge in [0.15, 0.2) is 0 Å². The molecule has 0 unspecified atom stereocenters. The lowest BCUT2D eigenvalue weighted by Gasteiger charge is -2.07. The number of hydrogen-bond donors (Lipinski definition) is 2. The SMILES string of the molecule is CCc1nn(C)cc1NC(=O)c1cc(Br)ccc1N. The average Bonchev–Trinajstić information content (AvgIpc) is 2.72. The van der Waals surface area contributed by atoms with E-state index >= 15 is 0 Å². The molecule has 0 aliphatic carbocycles. The van der Waals surface area contributed by atoms with E-state index in [2.05, 4.69) is 26.3 Å². The highest BCUT2D eigenvalue weighted by Gasteiger charge is 2.14. The summed E-state index contributed by atoms with van der Waals surface area (Å²) in [5.41, 5.74) is 8.28. The summed E-state index contributed by atoms with van der Waals surface area (Å²) in [7, 11) is 1.82. The fraction of sp³-hybridized carbons (Fsp3) is 0.231. The van der Waals surface area contributed by atoms with Crippen LogP contribution in [0.15, 0.2) is 28.9 Å². The zero-order valence-electron chi connectivity index (χ0n) is 10.8. The summed E-state index contributed by atoms with van der Waals surface area (Å²) in [4.78, 5) is 12.2. The van der Waals surface area contributed by atoms with Crippen LogP contribution in [0.2, 0.25) is 0 Å². The quantitative estimate of drug-likeness (QED) is 0.853. The number of anilines is 2. The number of halogens is 1. The van der Waals surface area contributed by atoms with Crippen molar-refractivity contribution in [3.05, 3.63) is 40.1 Å². The molecule has 0 fully saturated rings. The summed E-state index contributed by atoms with van der Waals surface area (Å²) in [6.45, 7) is 1.99. The van der Waals surface area contributed by atoms with Gasteiger partial charge in [-0.05, 0) is 24.6 Å². The van der Waals surface area contributed by atoms with Gasteiger partial charge in [-0.1, -0.05) is 22.9 Å². The van der Waals surface area contributed by atoms with Crippen LogP contribution in [0.25, 0.3) is 0 Å². The van der Waals surface area contributed by atoms with Crippen LogP contribution in [-0.2, 0) is 13.5 Å². The topological polar surface area (TPSA) is 72.9 Å².